The second-order valence-electron chi connectivity index (χ2n) is 9.92. The average molecular weight is 965 g/mol. The van der Waals surface area contributed by atoms with E-state index in [1.807, 2.05) is 0 Å². The van der Waals surface area contributed by atoms with Crippen LogP contribution in [-0.2, 0) is 0 Å². The van der Waals surface area contributed by atoms with Crippen LogP contribution in [0.3, 0.4) is 0 Å². The molecule has 12 nitrogen and oxygen atoms in total. The predicted molar refractivity (Wildman–Crippen MR) is 185 cm³/mol. The summed E-state index contributed by atoms with van der Waals surface area (Å²) in [5.74, 6) is -6.77. The van der Waals surface area contributed by atoms with Crippen LogP contribution in [0.2, 0.25) is 0 Å². The van der Waals surface area contributed by atoms with Gasteiger partial charge in [0.2, 0.25) is 0 Å². The van der Waals surface area contributed by atoms with E-state index in [-0.39, 0.29) is 64.5 Å². The number of carbonyl (C=O) groups excluding carboxylic acids is 6. The Morgan fingerprint density at radius 1 is 0.218 bits per heavy atom. The summed E-state index contributed by atoms with van der Waals surface area (Å²) in [4.78, 5) is 60.5. The van der Waals surface area contributed by atoms with Crippen LogP contribution in [0.15, 0.2) is 182 Å². The first kappa shape index (κ1) is 48.2. The van der Waals surface area contributed by atoms with Crippen LogP contribution in [0.4, 0.5) is 0 Å². The van der Waals surface area contributed by atoms with Gasteiger partial charge in [0, 0.05) is 31.1 Å². The molecule has 6 aromatic carbocycles. The second-order valence-corrected chi connectivity index (χ2v) is 9.92. The van der Waals surface area contributed by atoms with Crippen molar-refractivity contribution >= 4 is 35.8 Å². The van der Waals surface area contributed by atoms with Crippen LogP contribution in [0.5, 0.6) is 0 Å². The summed E-state index contributed by atoms with van der Waals surface area (Å²) >= 11 is 0. The minimum atomic E-state index is -1.13. The third-order valence-corrected chi connectivity index (χ3v) is 6.06. The molecule has 0 heterocycles. The predicted octanol–water partition coefficient (Wildman–Crippen LogP) is 0.301. The largest absolute Gasteiger partial charge is 0.545 e. The maximum Gasteiger partial charge on any atom is 0.0715 e. The van der Waals surface area contributed by atoms with Gasteiger partial charge in [-0.3, -0.25) is 0 Å². The van der Waals surface area contributed by atoms with Crippen LogP contribution in [0.1, 0.15) is 62.1 Å². The van der Waals surface area contributed by atoms with Crippen molar-refractivity contribution in [3.05, 3.63) is 215 Å². The molecule has 0 atom stereocenters. The Kier molecular flexibility index (Phi) is 25.2. The molecule has 6 rings (SSSR count). The van der Waals surface area contributed by atoms with Crippen molar-refractivity contribution < 1.29 is 90.5 Å². The molecule has 0 unspecified atom stereocenters. The number of aromatic carboxylic acids is 6. The van der Waals surface area contributed by atoms with Crippen molar-refractivity contribution in [1.29, 1.82) is 0 Å². The Labute approximate surface area is 340 Å². The zero-order valence-corrected chi connectivity index (χ0v) is 32.9. The Bertz CT molecular complexity index is 1610. The van der Waals surface area contributed by atoms with Gasteiger partial charge >= 0.3 is 0 Å². The molecule has 0 aliphatic carbocycles. The minimum Gasteiger partial charge on any atom is -0.545 e. The van der Waals surface area contributed by atoms with Crippen molar-refractivity contribution in [1.82, 2.24) is 0 Å². The molecule has 6 aromatic rings. The Morgan fingerprint density at radius 3 is 0.364 bits per heavy atom. The Hall–Kier alpha value is -6.81. The summed E-state index contributed by atoms with van der Waals surface area (Å²) in [6.45, 7) is 0. The van der Waals surface area contributed by atoms with Crippen molar-refractivity contribution in [3.8, 4) is 0 Å². The van der Waals surface area contributed by atoms with E-state index in [2.05, 4.69) is 0 Å². The Morgan fingerprint density at radius 2 is 0.309 bits per heavy atom. The number of carboxylic acids is 6. The zero-order valence-electron chi connectivity index (χ0n) is 28.7. The molecular weight excluding hydrogens is 934 g/mol. The maximum atomic E-state index is 10.1. The molecule has 0 fully saturated rings. The maximum absolute atomic E-state index is 10.1. The van der Waals surface area contributed by atoms with Gasteiger partial charge in [0.25, 0.3) is 0 Å². The minimum absolute atomic E-state index is 0. The molecule has 280 valence electrons. The van der Waals surface area contributed by atoms with E-state index in [0.717, 1.165) is 0 Å². The molecule has 13 heteroatoms. The number of carboxylic acid groups (broad SMARTS) is 6. The number of hydrogen-bond acceptors (Lipinski definition) is 12. The van der Waals surface area contributed by atoms with Gasteiger partial charge in [-0.2, -0.15) is 0 Å². The van der Waals surface area contributed by atoms with Crippen LogP contribution >= 0.6 is 0 Å². The van der Waals surface area contributed by atoms with E-state index >= 15 is 0 Å². The zero-order chi connectivity index (χ0) is 40.1. The average Bonchev–Trinajstić information content (AvgIpc) is 3.21. The molecule has 0 spiro atoms. The summed E-state index contributed by atoms with van der Waals surface area (Å²) in [5, 5.41) is 60.5. The standard InChI is InChI=1S/6C7H6O2.U/c6*8-7(9)6-4-2-1-3-5-6;/h6*1-5H,(H,8,9);/p-6. The molecule has 0 aliphatic heterocycles. The number of carbonyl (C=O) groups is 6. The fourth-order valence-corrected chi connectivity index (χ4v) is 3.45. The summed E-state index contributed by atoms with van der Waals surface area (Å²) in [6.07, 6.45) is 0. The monoisotopic (exact) mass is 964 g/mol. The van der Waals surface area contributed by atoms with Gasteiger partial charge in [-0.25, -0.2) is 0 Å². The van der Waals surface area contributed by atoms with Crippen LogP contribution < -0.4 is 30.6 Å². The fraction of sp³-hybridized carbons (Fsp3) is 0. The van der Waals surface area contributed by atoms with Gasteiger partial charge in [0.05, 0.1) is 35.8 Å². The number of benzene rings is 6. The van der Waals surface area contributed by atoms with Crippen molar-refractivity contribution in [2.45, 2.75) is 0 Å². The number of rotatable bonds is 6. The molecule has 0 aliphatic rings. The first-order valence-corrected chi connectivity index (χ1v) is 15.4. The normalized spacial score (nSPS) is 8.73. The molecule has 0 saturated heterocycles. The van der Waals surface area contributed by atoms with E-state index in [4.69, 9.17) is 0 Å². The van der Waals surface area contributed by atoms with E-state index in [1.165, 1.54) is 72.8 Å². The smallest absolute Gasteiger partial charge is 0.0715 e. The molecule has 0 saturated carbocycles. The summed E-state index contributed by atoms with van der Waals surface area (Å²) < 4.78 is 0. The third-order valence-electron chi connectivity index (χ3n) is 6.06. The fourth-order valence-electron chi connectivity index (χ4n) is 3.45. The summed E-state index contributed by atoms with van der Waals surface area (Å²) in [5.41, 5.74) is 1.32. The molecule has 55 heavy (non-hydrogen) atoms. The first-order chi connectivity index (χ1) is 25.8. The van der Waals surface area contributed by atoms with Gasteiger partial charge in [0.1, 0.15) is 0 Å². The van der Waals surface area contributed by atoms with Crippen molar-refractivity contribution in [2.24, 2.45) is 0 Å². The van der Waals surface area contributed by atoms with Crippen LogP contribution in [-0.4, -0.2) is 35.8 Å². The van der Waals surface area contributed by atoms with E-state index in [0.29, 0.717) is 0 Å². The first-order valence-electron chi connectivity index (χ1n) is 15.4. The SMILES string of the molecule is O=C([O-])c1ccccc1.O=C([O-])c1ccccc1.O=C([O-])c1ccccc1.O=C([O-])c1ccccc1.O=C([O-])c1ccccc1.O=C([O-])c1ccccc1.[U]. The van der Waals surface area contributed by atoms with Gasteiger partial charge in [-0.1, -0.05) is 182 Å². The Balaban J connectivity index is 0.000000634. The van der Waals surface area contributed by atoms with Crippen LogP contribution in [0.25, 0.3) is 0 Å². The van der Waals surface area contributed by atoms with Crippen molar-refractivity contribution in [3.63, 3.8) is 0 Å². The van der Waals surface area contributed by atoms with Gasteiger partial charge in [0.15, 0.2) is 0 Å². The topological polar surface area (TPSA) is 241 Å². The molecule has 0 bridgehead atoms. The van der Waals surface area contributed by atoms with Crippen molar-refractivity contribution in [2.75, 3.05) is 0 Å². The quantitative estimate of drug-likeness (QED) is 0.219. The molecule has 0 N–H and O–H groups in total. The van der Waals surface area contributed by atoms with E-state index in [9.17, 15) is 59.4 Å². The molecule has 0 aromatic heterocycles. The second kappa shape index (κ2) is 28.7. The van der Waals surface area contributed by atoms with E-state index < -0.39 is 35.8 Å². The van der Waals surface area contributed by atoms with E-state index in [1.54, 1.807) is 109 Å². The van der Waals surface area contributed by atoms with Gasteiger partial charge in [-0.15, -0.1) is 0 Å². The summed E-state index contributed by atoms with van der Waals surface area (Å²) in [7, 11) is 0. The van der Waals surface area contributed by atoms with Crippen LogP contribution in [0, 0.1) is 31.1 Å². The molecule has 0 amide bonds. The third kappa shape index (κ3) is 22.7. The summed E-state index contributed by atoms with van der Waals surface area (Å²) in [6, 6.07) is 48.4. The number of hydrogen-bond donors (Lipinski definition) is 0. The molecular formula is C42H30O12U-6. The molecule has 0 radical (unpaired) electrons. The van der Waals surface area contributed by atoms with Gasteiger partial charge in [-0.05, 0) is 33.4 Å². The van der Waals surface area contributed by atoms with Gasteiger partial charge < -0.3 is 59.4 Å².